The molecule has 0 unspecified atom stereocenters. The lowest BCUT2D eigenvalue weighted by Crippen LogP contribution is -2.53. The van der Waals surface area contributed by atoms with Gasteiger partial charge in [-0.25, -0.2) is 28.4 Å². The number of hydrogen-bond donors (Lipinski definition) is 1. The molecule has 4 atom stereocenters. The van der Waals surface area contributed by atoms with Crippen molar-refractivity contribution in [3.05, 3.63) is 121 Å². The summed E-state index contributed by atoms with van der Waals surface area (Å²) in [5.41, 5.74) is -0.730. The van der Waals surface area contributed by atoms with Gasteiger partial charge in [-0.1, -0.05) is 54.1 Å². The molecule has 208 valence electrons. The quantitative estimate of drug-likeness (QED) is 0.297. The molecule has 1 N–H and O–H groups in total. The number of benzene rings is 2. The number of fused-ring (bicyclic) bond motifs is 4. The first kappa shape index (κ1) is 25.6. The van der Waals surface area contributed by atoms with E-state index in [1.807, 2.05) is 36.4 Å². The number of aliphatic hydroxyl groups excluding tert-OH is 1. The van der Waals surface area contributed by atoms with Crippen molar-refractivity contribution in [2.75, 3.05) is 4.90 Å². The zero-order chi connectivity index (χ0) is 28.6. The Morgan fingerprint density at radius 3 is 2.49 bits per heavy atom. The van der Waals surface area contributed by atoms with Crippen LogP contribution in [0.15, 0.2) is 92.4 Å². The summed E-state index contributed by atoms with van der Waals surface area (Å²) in [7, 11) is 1.42. The van der Waals surface area contributed by atoms with Gasteiger partial charge in [-0.3, -0.25) is 9.59 Å². The van der Waals surface area contributed by atoms with E-state index >= 15 is 0 Å². The number of anilines is 1. The van der Waals surface area contributed by atoms with Gasteiger partial charge in [0.15, 0.2) is 0 Å². The highest BCUT2D eigenvalue weighted by atomic mass is 35.5. The van der Waals surface area contributed by atoms with Crippen molar-refractivity contribution in [3.8, 4) is 0 Å². The molecule has 11 heteroatoms. The lowest BCUT2D eigenvalue weighted by molar-refractivity contribution is -0.124. The van der Waals surface area contributed by atoms with Crippen LogP contribution >= 0.6 is 11.6 Å². The normalized spacial score (nSPS) is 25.1. The molecule has 41 heavy (non-hydrogen) atoms. The molecule has 10 nitrogen and oxygen atoms in total. The first-order chi connectivity index (χ1) is 19.8. The Morgan fingerprint density at radius 2 is 1.78 bits per heavy atom. The third kappa shape index (κ3) is 3.34. The second kappa shape index (κ2) is 9.05. The molecule has 2 fully saturated rings. The fraction of sp³-hybridized carbons (Fsp3) is 0.267. The molecule has 0 bridgehead atoms. The Labute approximate surface area is 238 Å². The molecule has 1 saturated carbocycles. The van der Waals surface area contributed by atoms with Gasteiger partial charge in [-0.2, -0.15) is 0 Å². The highest BCUT2D eigenvalue weighted by molar-refractivity contribution is 6.32. The van der Waals surface area contributed by atoms with Crippen LogP contribution in [0.4, 0.5) is 5.69 Å². The standard InChI is InChI=1S/C30H25ClN4O6/c1-32-28(39)33-13-12-21-23(35(33)29(32)40)15-22-26(37)34(19-9-5-8-18(31)14-19)27(38)30(22,17-6-3-2-4-7-17)25(21)24-11-10-20(16-36)41-24/h2-12,14,22-23,25,36H,13,15-16H2,1H3/t22-,23+,25+,30+/m0/s1. The van der Waals surface area contributed by atoms with Gasteiger partial charge in [0.25, 0.3) is 0 Å². The molecule has 0 spiro atoms. The van der Waals surface area contributed by atoms with Gasteiger partial charge in [0, 0.05) is 12.1 Å². The number of aliphatic hydroxyl groups is 1. The minimum Gasteiger partial charge on any atom is -0.463 e. The van der Waals surface area contributed by atoms with Gasteiger partial charge < -0.3 is 9.52 Å². The lowest BCUT2D eigenvalue weighted by atomic mass is 9.54. The number of rotatable bonds is 4. The smallest absolute Gasteiger partial charge is 0.347 e. The second-order valence-electron chi connectivity index (χ2n) is 10.6. The van der Waals surface area contributed by atoms with Crippen LogP contribution in [0.25, 0.3) is 0 Å². The van der Waals surface area contributed by atoms with Crippen LogP contribution in [-0.2, 0) is 35.2 Å². The predicted molar refractivity (Wildman–Crippen MR) is 149 cm³/mol. The Balaban J connectivity index is 1.54. The summed E-state index contributed by atoms with van der Waals surface area (Å²) in [6.45, 7) is -0.239. The Bertz CT molecular complexity index is 1880. The van der Waals surface area contributed by atoms with Gasteiger partial charge in [-0.05, 0) is 47.9 Å². The maximum atomic E-state index is 14.9. The molecule has 3 aliphatic rings. The molecular formula is C30H25ClN4O6. The third-order valence-corrected chi connectivity index (χ3v) is 8.98. The van der Waals surface area contributed by atoms with Crippen LogP contribution in [0.5, 0.6) is 0 Å². The van der Waals surface area contributed by atoms with Crippen molar-refractivity contribution in [1.29, 1.82) is 0 Å². The maximum absolute atomic E-state index is 14.9. The SMILES string of the molecule is Cn1c(=O)n2n(c1=O)[C@@H]1C[C@H]3C(=O)N(c4cccc(Cl)c4)C(=O)[C@@]3(c3ccccc3)[C@@H](c3ccc(CO)o3)C1=CC2. The van der Waals surface area contributed by atoms with E-state index in [-0.39, 0.29) is 19.6 Å². The number of nitrogens with zero attached hydrogens (tertiary/aromatic N) is 4. The number of amides is 2. The highest BCUT2D eigenvalue weighted by Crippen LogP contribution is 2.62. The second-order valence-corrected chi connectivity index (χ2v) is 11.1. The van der Waals surface area contributed by atoms with Crippen LogP contribution in [0.1, 0.15) is 35.5 Å². The summed E-state index contributed by atoms with van der Waals surface area (Å²) >= 11 is 6.29. The number of carbonyl (C=O) groups is 2. The zero-order valence-corrected chi connectivity index (χ0v) is 22.7. The van der Waals surface area contributed by atoms with E-state index < -0.39 is 46.5 Å². The van der Waals surface area contributed by atoms with Gasteiger partial charge in [-0.15, -0.1) is 0 Å². The lowest BCUT2D eigenvalue weighted by Gasteiger charge is -2.48. The van der Waals surface area contributed by atoms with E-state index in [1.54, 1.807) is 36.4 Å². The van der Waals surface area contributed by atoms with Crippen LogP contribution < -0.4 is 16.3 Å². The van der Waals surface area contributed by atoms with E-state index in [2.05, 4.69) is 0 Å². The van der Waals surface area contributed by atoms with Gasteiger partial charge in [0.2, 0.25) is 11.8 Å². The maximum Gasteiger partial charge on any atom is 0.347 e. The van der Waals surface area contributed by atoms with Crippen molar-refractivity contribution < 1.29 is 19.1 Å². The summed E-state index contributed by atoms with van der Waals surface area (Å²) < 4.78 is 9.91. The minimum atomic E-state index is -1.44. The number of furan rings is 1. The number of halogens is 1. The monoisotopic (exact) mass is 572 g/mol. The molecule has 4 aromatic rings. The van der Waals surface area contributed by atoms with Gasteiger partial charge >= 0.3 is 11.4 Å². The predicted octanol–water partition coefficient (Wildman–Crippen LogP) is 2.88. The fourth-order valence-electron chi connectivity index (χ4n) is 7.06. The van der Waals surface area contributed by atoms with Crippen LogP contribution in [0, 0.1) is 5.92 Å². The Morgan fingerprint density at radius 1 is 1.00 bits per heavy atom. The summed E-state index contributed by atoms with van der Waals surface area (Å²) in [6, 6.07) is 18.4. The Hall–Kier alpha value is -4.41. The van der Waals surface area contributed by atoms with Crippen molar-refractivity contribution in [2.45, 2.75) is 36.9 Å². The third-order valence-electron chi connectivity index (χ3n) is 8.74. The van der Waals surface area contributed by atoms with E-state index in [0.29, 0.717) is 33.4 Å². The molecule has 4 heterocycles. The number of hydrogen-bond acceptors (Lipinski definition) is 6. The first-order valence-electron chi connectivity index (χ1n) is 13.3. The molecule has 0 radical (unpaired) electrons. The van der Waals surface area contributed by atoms with Crippen molar-refractivity contribution in [2.24, 2.45) is 13.0 Å². The first-order valence-corrected chi connectivity index (χ1v) is 13.6. The van der Waals surface area contributed by atoms with Gasteiger partial charge in [0.05, 0.1) is 30.1 Å². The summed E-state index contributed by atoms with van der Waals surface area (Å²) in [5, 5.41) is 10.2. The molecule has 2 aromatic heterocycles. The highest BCUT2D eigenvalue weighted by Gasteiger charge is 2.69. The van der Waals surface area contributed by atoms with Crippen molar-refractivity contribution in [1.82, 2.24) is 13.9 Å². The van der Waals surface area contributed by atoms with Crippen LogP contribution in [0.3, 0.4) is 0 Å². The van der Waals surface area contributed by atoms with E-state index in [0.717, 1.165) is 4.57 Å². The molecule has 7 rings (SSSR count). The zero-order valence-electron chi connectivity index (χ0n) is 21.9. The molecule has 2 aromatic carbocycles. The van der Waals surface area contributed by atoms with Crippen LogP contribution in [-0.4, -0.2) is 30.9 Å². The van der Waals surface area contributed by atoms with Crippen LogP contribution in [0.2, 0.25) is 5.02 Å². The van der Waals surface area contributed by atoms with E-state index in [1.165, 1.54) is 21.3 Å². The largest absolute Gasteiger partial charge is 0.463 e. The fourth-order valence-corrected chi connectivity index (χ4v) is 7.24. The van der Waals surface area contributed by atoms with E-state index in [4.69, 9.17) is 16.0 Å². The molecule has 2 aliphatic heterocycles. The van der Waals surface area contributed by atoms with E-state index in [9.17, 15) is 24.3 Å². The molecule has 1 aliphatic carbocycles. The van der Waals surface area contributed by atoms with Crippen molar-refractivity contribution in [3.63, 3.8) is 0 Å². The number of allylic oxidation sites excluding steroid dienone is 2. The molecule has 2 amide bonds. The average Bonchev–Trinajstić information content (AvgIpc) is 3.61. The van der Waals surface area contributed by atoms with Gasteiger partial charge in [0.1, 0.15) is 23.5 Å². The summed E-state index contributed by atoms with van der Waals surface area (Å²) in [5.74, 6) is -1.91. The molecular weight excluding hydrogens is 548 g/mol. The minimum absolute atomic E-state index is 0.107. The molecule has 1 saturated heterocycles. The average molecular weight is 573 g/mol. The number of carbonyl (C=O) groups excluding carboxylic acids is 2. The number of aromatic nitrogens is 3. The summed E-state index contributed by atoms with van der Waals surface area (Å²) in [6.07, 6.45) is 1.97. The summed E-state index contributed by atoms with van der Waals surface area (Å²) in [4.78, 5) is 56.8. The van der Waals surface area contributed by atoms with Crippen molar-refractivity contribution >= 4 is 29.1 Å². The topological polar surface area (TPSA) is 120 Å². The number of imide groups is 1. The Kier molecular flexibility index (Phi) is 5.64.